The summed E-state index contributed by atoms with van der Waals surface area (Å²) in [4.78, 5) is 31.0. The van der Waals surface area contributed by atoms with Gasteiger partial charge in [-0.15, -0.1) is 0 Å². The molecule has 0 spiro atoms. The Morgan fingerprint density at radius 2 is 1.50 bits per heavy atom. The number of carbonyl (C=O) groups is 1. The van der Waals surface area contributed by atoms with Crippen molar-refractivity contribution >= 4 is 13.6 Å². The van der Waals surface area contributed by atoms with Gasteiger partial charge in [0.2, 0.25) is 0 Å². The maximum atomic E-state index is 11.9. The second-order valence-electron chi connectivity index (χ2n) is 4.80. The lowest BCUT2D eigenvalue weighted by Gasteiger charge is -2.47. The smallest absolute Gasteiger partial charge is 0.343 e. The first-order chi connectivity index (χ1) is 8.19. The first-order valence-electron chi connectivity index (χ1n) is 6.48. The Balaban J connectivity index is 6.12. The molecule has 0 aliphatic heterocycles. The van der Waals surface area contributed by atoms with Crippen molar-refractivity contribution < 1.29 is 24.3 Å². The lowest BCUT2D eigenvalue weighted by Crippen LogP contribution is -2.53. The summed E-state index contributed by atoms with van der Waals surface area (Å²) in [6.07, 6.45) is 2.04. The molecule has 0 rings (SSSR count). The van der Waals surface area contributed by atoms with Crippen molar-refractivity contribution in [3.63, 3.8) is 0 Å². The van der Waals surface area contributed by atoms with Gasteiger partial charge in [0.1, 0.15) is 0 Å². The molecule has 0 aliphatic rings. The van der Waals surface area contributed by atoms with Crippen LogP contribution in [0.2, 0.25) is 0 Å². The average molecular weight is 280 g/mol. The molecule has 3 N–H and O–H groups in total. The van der Waals surface area contributed by atoms with Crippen LogP contribution in [-0.4, -0.2) is 26.0 Å². The first kappa shape index (κ1) is 17.6. The molecule has 0 fully saturated rings. The summed E-state index contributed by atoms with van der Waals surface area (Å²) in [7, 11) is -4.75. The van der Waals surface area contributed by atoms with Gasteiger partial charge < -0.3 is 14.9 Å². The van der Waals surface area contributed by atoms with Crippen LogP contribution in [-0.2, 0) is 9.36 Å². The predicted molar refractivity (Wildman–Crippen MR) is 70.6 cm³/mol. The van der Waals surface area contributed by atoms with Crippen LogP contribution in [0.3, 0.4) is 0 Å². The lowest BCUT2D eigenvalue weighted by molar-refractivity contribution is -0.146. The van der Waals surface area contributed by atoms with Crippen LogP contribution in [0.15, 0.2) is 0 Å². The highest BCUT2D eigenvalue weighted by Gasteiger charge is 2.63. The van der Waals surface area contributed by atoms with E-state index in [0.29, 0.717) is 25.7 Å². The topological polar surface area (TPSA) is 94.8 Å². The van der Waals surface area contributed by atoms with Crippen molar-refractivity contribution in [3.8, 4) is 0 Å². The fourth-order valence-electron chi connectivity index (χ4n) is 3.27. The summed E-state index contributed by atoms with van der Waals surface area (Å²) in [6, 6.07) is 0. The zero-order chi connectivity index (χ0) is 14.6. The molecule has 0 radical (unpaired) electrons. The summed E-state index contributed by atoms with van der Waals surface area (Å²) < 4.78 is 11.9. The number of aliphatic carboxylic acids is 1. The van der Waals surface area contributed by atoms with Gasteiger partial charge in [-0.1, -0.05) is 34.1 Å². The number of hydrogen-bond donors (Lipinski definition) is 3. The van der Waals surface area contributed by atoms with Crippen LogP contribution < -0.4 is 0 Å². The molecule has 0 aliphatic carbocycles. The molecular weight excluding hydrogens is 255 g/mol. The standard InChI is InChI=1S/C12H25O5P/c1-5-9-11(6-2,7-3)12(8-4,10(13)14)18(15,16)17/h5-9H2,1-4H3,(H,13,14)(H2,15,16,17). The second-order valence-corrected chi connectivity index (χ2v) is 6.65. The first-order valence-corrected chi connectivity index (χ1v) is 8.09. The van der Waals surface area contributed by atoms with Crippen LogP contribution in [0.1, 0.15) is 59.8 Å². The molecule has 0 amide bonds. The van der Waals surface area contributed by atoms with E-state index in [4.69, 9.17) is 0 Å². The van der Waals surface area contributed by atoms with E-state index in [9.17, 15) is 24.3 Å². The van der Waals surface area contributed by atoms with E-state index in [1.807, 2.05) is 20.8 Å². The summed E-state index contributed by atoms with van der Waals surface area (Å²) >= 11 is 0. The van der Waals surface area contributed by atoms with Crippen LogP contribution in [0, 0.1) is 5.41 Å². The van der Waals surface area contributed by atoms with Gasteiger partial charge in [-0.3, -0.25) is 9.36 Å². The fraction of sp³-hybridized carbons (Fsp3) is 0.917. The minimum Gasteiger partial charge on any atom is -0.480 e. The van der Waals surface area contributed by atoms with Crippen molar-refractivity contribution in [2.75, 3.05) is 0 Å². The Morgan fingerprint density at radius 1 is 1.06 bits per heavy atom. The maximum Gasteiger partial charge on any atom is 0.343 e. The van der Waals surface area contributed by atoms with Gasteiger partial charge in [-0.25, -0.2) is 0 Å². The highest BCUT2D eigenvalue weighted by molar-refractivity contribution is 7.54. The summed E-state index contributed by atoms with van der Waals surface area (Å²) in [5.41, 5.74) is -0.860. The maximum absolute atomic E-state index is 11.9. The number of hydrogen-bond acceptors (Lipinski definition) is 2. The minimum atomic E-state index is -4.75. The van der Waals surface area contributed by atoms with Gasteiger partial charge in [0, 0.05) is 0 Å². The van der Waals surface area contributed by atoms with Gasteiger partial charge in [0.15, 0.2) is 5.16 Å². The molecule has 6 heteroatoms. The Morgan fingerprint density at radius 3 is 1.67 bits per heavy atom. The molecule has 0 saturated heterocycles. The average Bonchev–Trinajstić information content (AvgIpc) is 2.26. The quantitative estimate of drug-likeness (QED) is 0.594. The van der Waals surface area contributed by atoms with Crippen molar-refractivity contribution in [1.29, 1.82) is 0 Å². The molecule has 5 nitrogen and oxygen atoms in total. The Kier molecular flexibility index (Phi) is 6.05. The van der Waals surface area contributed by atoms with Crippen LogP contribution in [0.25, 0.3) is 0 Å². The van der Waals surface area contributed by atoms with E-state index in [2.05, 4.69) is 0 Å². The molecule has 1 unspecified atom stereocenters. The Bertz CT molecular complexity index is 331. The van der Waals surface area contributed by atoms with E-state index >= 15 is 0 Å². The van der Waals surface area contributed by atoms with Crippen LogP contribution in [0.4, 0.5) is 0 Å². The van der Waals surface area contributed by atoms with E-state index in [1.165, 1.54) is 0 Å². The number of carboxylic acids is 1. The van der Waals surface area contributed by atoms with Gasteiger partial charge in [0.25, 0.3) is 0 Å². The van der Waals surface area contributed by atoms with Gasteiger partial charge in [-0.05, 0) is 31.1 Å². The lowest BCUT2D eigenvalue weighted by atomic mass is 9.66. The van der Waals surface area contributed by atoms with Gasteiger partial charge >= 0.3 is 13.6 Å². The molecule has 0 aromatic heterocycles. The third kappa shape index (κ3) is 2.49. The molecule has 1 atom stereocenters. The predicted octanol–water partition coefficient (Wildman–Crippen LogP) is 3.00. The molecule has 0 heterocycles. The number of carboxylic acid groups (broad SMARTS) is 1. The van der Waals surface area contributed by atoms with Gasteiger partial charge in [0.05, 0.1) is 0 Å². The summed E-state index contributed by atoms with van der Waals surface area (Å²) in [5.74, 6) is -1.38. The molecule has 0 bridgehead atoms. The largest absolute Gasteiger partial charge is 0.480 e. The Labute approximate surface area is 109 Å². The highest BCUT2D eigenvalue weighted by atomic mass is 31.2. The van der Waals surface area contributed by atoms with Gasteiger partial charge in [-0.2, -0.15) is 0 Å². The monoisotopic (exact) mass is 280 g/mol. The van der Waals surface area contributed by atoms with Crippen molar-refractivity contribution in [2.45, 2.75) is 65.0 Å². The fourth-order valence-corrected chi connectivity index (χ4v) is 4.97. The van der Waals surface area contributed by atoms with E-state index in [-0.39, 0.29) is 6.42 Å². The van der Waals surface area contributed by atoms with Crippen LogP contribution in [0.5, 0.6) is 0 Å². The molecule has 108 valence electrons. The molecular formula is C12H25O5P. The van der Waals surface area contributed by atoms with Crippen molar-refractivity contribution in [3.05, 3.63) is 0 Å². The number of rotatable bonds is 8. The normalized spacial score (nSPS) is 16.3. The van der Waals surface area contributed by atoms with Crippen LogP contribution >= 0.6 is 7.60 Å². The molecule has 0 saturated carbocycles. The van der Waals surface area contributed by atoms with E-state index in [1.54, 1.807) is 6.92 Å². The SMILES string of the molecule is CCCC(CC)(CC)C(CC)(C(=O)O)P(=O)(O)O. The summed E-state index contributed by atoms with van der Waals surface area (Å²) in [6.45, 7) is 7.06. The van der Waals surface area contributed by atoms with Crippen molar-refractivity contribution in [2.24, 2.45) is 5.41 Å². The molecule has 18 heavy (non-hydrogen) atoms. The minimum absolute atomic E-state index is 0.0612. The second kappa shape index (κ2) is 6.18. The molecule has 0 aromatic carbocycles. The highest BCUT2D eigenvalue weighted by Crippen LogP contribution is 2.64. The zero-order valence-electron chi connectivity index (χ0n) is 11.6. The third-order valence-electron chi connectivity index (χ3n) is 4.32. The summed E-state index contributed by atoms with van der Waals surface area (Å²) in [5, 5.41) is 7.52. The van der Waals surface area contributed by atoms with Crippen molar-refractivity contribution in [1.82, 2.24) is 0 Å². The van der Waals surface area contributed by atoms with E-state index in [0.717, 1.165) is 0 Å². The third-order valence-corrected chi connectivity index (χ3v) is 6.30. The molecule has 0 aromatic rings. The zero-order valence-corrected chi connectivity index (χ0v) is 12.5. The Hall–Kier alpha value is -0.380. The van der Waals surface area contributed by atoms with E-state index < -0.39 is 24.1 Å².